The maximum Gasteiger partial charge on any atom is 0.240 e. The molecule has 0 aromatic heterocycles. The highest BCUT2D eigenvalue weighted by Crippen LogP contribution is 2.17. The summed E-state index contributed by atoms with van der Waals surface area (Å²) >= 11 is 0. The summed E-state index contributed by atoms with van der Waals surface area (Å²) in [6.45, 7) is 1.82. The summed E-state index contributed by atoms with van der Waals surface area (Å²) in [7, 11) is 1.51. The van der Waals surface area contributed by atoms with Gasteiger partial charge in [0.2, 0.25) is 5.91 Å². The lowest BCUT2D eigenvalue weighted by Gasteiger charge is -2.12. The number of carbonyl (C=O) groups excluding carboxylic acids is 1. The van der Waals surface area contributed by atoms with Gasteiger partial charge in [-0.05, 0) is 6.92 Å². The Morgan fingerprint density at radius 2 is 2.36 bits per heavy atom. The number of nitriles is 1. The minimum absolute atomic E-state index is 0.0582. The van der Waals surface area contributed by atoms with E-state index in [-0.39, 0.29) is 18.1 Å². The minimum Gasteiger partial charge on any atom is -0.377 e. The Balaban J connectivity index is 2.77. The first-order valence-corrected chi connectivity index (χ1v) is 3.43. The van der Waals surface area contributed by atoms with E-state index < -0.39 is 5.92 Å². The quantitative estimate of drug-likeness (QED) is 0.562. The minimum atomic E-state index is -0.644. The summed E-state index contributed by atoms with van der Waals surface area (Å²) in [5, 5.41) is 11.2. The summed E-state index contributed by atoms with van der Waals surface area (Å²) in [5.74, 6) is -0.873. The van der Waals surface area contributed by atoms with Crippen molar-refractivity contribution in [3.8, 4) is 6.07 Å². The Kier molecular flexibility index (Phi) is 2.11. The van der Waals surface area contributed by atoms with Gasteiger partial charge in [0.1, 0.15) is 6.10 Å². The number of carbonyl (C=O) groups is 1. The zero-order valence-corrected chi connectivity index (χ0v) is 6.50. The van der Waals surface area contributed by atoms with Crippen LogP contribution in [0.4, 0.5) is 0 Å². The first kappa shape index (κ1) is 8.02. The molecule has 3 unspecified atom stereocenters. The number of hydrogen-bond donors (Lipinski definition) is 1. The van der Waals surface area contributed by atoms with Crippen molar-refractivity contribution < 1.29 is 9.53 Å². The van der Waals surface area contributed by atoms with E-state index in [1.807, 2.05) is 13.0 Å². The molecule has 11 heavy (non-hydrogen) atoms. The Morgan fingerprint density at radius 3 is 2.73 bits per heavy atom. The molecule has 1 saturated heterocycles. The first-order valence-electron chi connectivity index (χ1n) is 3.43. The zero-order valence-electron chi connectivity index (χ0n) is 6.50. The molecule has 0 bridgehead atoms. The highest BCUT2D eigenvalue weighted by molar-refractivity contribution is 5.84. The molecule has 0 aliphatic carbocycles. The molecule has 0 spiro atoms. The molecule has 1 amide bonds. The topological polar surface area (TPSA) is 62.1 Å². The summed E-state index contributed by atoms with van der Waals surface area (Å²) in [6.07, 6.45) is -0.299. The molecular weight excluding hydrogens is 144 g/mol. The van der Waals surface area contributed by atoms with Crippen LogP contribution in [0.1, 0.15) is 6.92 Å². The van der Waals surface area contributed by atoms with Crippen LogP contribution in [0.5, 0.6) is 0 Å². The van der Waals surface area contributed by atoms with Crippen LogP contribution >= 0.6 is 0 Å². The van der Waals surface area contributed by atoms with Crippen LogP contribution in [-0.2, 0) is 9.53 Å². The SMILES string of the molecule is COC1C(C)NC(=O)C1C#N. The zero-order chi connectivity index (χ0) is 8.43. The molecule has 0 saturated carbocycles. The van der Waals surface area contributed by atoms with E-state index in [4.69, 9.17) is 10.00 Å². The van der Waals surface area contributed by atoms with E-state index in [0.29, 0.717) is 0 Å². The number of amides is 1. The van der Waals surface area contributed by atoms with Gasteiger partial charge in [0.05, 0.1) is 12.1 Å². The summed E-state index contributed by atoms with van der Waals surface area (Å²) in [5.41, 5.74) is 0. The third kappa shape index (κ3) is 1.19. The van der Waals surface area contributed by atoms with Gasteiger partial charge in [-0.2, -0.15) is 5.26 Å². The first-order chi connectivity index (χ1) is 5.20. The van der Waals surface area contributed by atoms with E-state index >= 15 is 0 Å². The number of nitrogens with one attached hydrogen (secondary N) is 1. The van der Waals surface area contributed by atoms with E-state index in [9.17, 15) is 4.79 Å². The monoisotopic (exact) mass is 154 g/mol. The second-order valence-electron chi connectivity index (χ2n) is 2.60. The maximum absolute atomic E-state index is 11.0. The summed E-state index contributed by atoms with van der Waals surface area (Å²) in [6, 6.07) is 1.85. The standard InChI is InChI=1S/C7H10N2O2/c1-4-6(11-2)5(3-8)7(10)9-4/h4-6H,1-2H3,(H,9,10). The lowest BCUT2D eigenvalue weighted by atomic mass is 10.0. The normalized spacial score (nSPS) is 36.5. The van der Waals surface area contributed by atoms with Crippen LogP contribution in [0.15, 0.2) is 0 Å². The van der Waals surface area contributed by atoms with Gasteiger partial charge in [0, 0.05) is 7.11 Å². The molecule has 1 N–H and O–H groups in total. The van der Waals surface area contributed by atoms with Crippen molar-refractivity contribution in [3.63, 3.8) is 0 Å². The number of ether oxygens (including phenoxy) is 1. The van der Waals surface area contributed by atoms with Crippen LogP contribution in [0.3, 0.4) is 0 Å². The van der Waals surface area contributed by atoms with Crippen molar-refractivity contribution in [1.82, 2.24) is 5.32 Å². The van der Waals surface area contributed by atoms with E-state index in [1.54, 1.807) is 0 Å². The average molecular weight is 154 g/mol. The molecule has 60 valence electrons. The summed E-state index contributed by atoms with van der Waals surface area (Å²) in [4.78, 5) is 11.0. The second kappa shape index (κ2) is 2.89. The largest absolute Gasteiger partial charge is 0.377 e. The van der Waals surface area contributed by atoms with Crippen molar-refractivity contribution in [2.24, 2.45) is 5.92 Å². The van der Waals surface area contributed by atoms with E-state index in [1.165, 1.54) is 7.11 Å². The molecule has 1 heterocycles. The molecule has 0 radical (unpaired) electrons. The van der Waals surface area contributed by atoms with E-state index in [2.05, 4.69) is 5.32 Å². The molecule has 1 fully saturated rings. The number of methoxy groups -OCH3 is 1. The molecule has 1 aliphatic rings. The van der Waals surface area contributed by atoms with Crippen molar-refractivity contribution >= 4 is 5.91 Å². The fourth-order valence-corrected chi connectivity index (χ4v) is 1.31. The van der Waals surface area contributed by atoms with Crippen LogP contribution in [0.25, 0.3) is 0 Å². The van der Waals surface area contributed by atoms with Gasteiger partial charge in [-0.25, -0.2) is 0 Å². The van der Waals surface area contributed by atoms with Crippen LogP contribution in [0.2, 0.25) is 0 Å². The Hall–Kier alpha value is -1.08. The Bertz CT molecular complexity index is 209. The van der Waals surface area contributed by atoms with Gasteiger partial charge in [-0.1, -0.05) is 0 Å². The lowest BCUT2D eigenvalue weighted by molar-refractivity contribution is -0.122. The molecular formula is C7H10N2O2. The molecule has 1 rings (SSSR count). The van der Waals surface area contributed by atoms with Crippen LogP contribution < -0.4 is 5.32 Å². The van der Waals surface area contributed by atoms with E-state index in [0.717, 1.165) is 0 Å². The molecule has 1 aliphatic heterocycles. The van der Waals surface area contributed by atoms with Crippen molar-refractivity contribution in [2.75, 3.05) is 7.11 Å². The Labute approximate surface area is 65.1 Å². The van der Waals surface area contributed by atoms with Gasteiger partial charge < -0.3 is 10.1 Å². The van der Waals surface area contributed by atoms with Crippen molar-refractivity contribution in [3.05, 3.63) is 0 Å². The number of nitrogens with zero attached hydrogens (tertiary/aromatic N) is 1. The van der Waals surface area contributed by atoms with Gasteiger partial charge in [0.15, 0.2) is 5.92 Å². The predicted octanol–water partition coefficient (Wildman–Crippen LogP) is -0.341. The smallest absolute Gasteiger partial charge is 0.240 e. The fourth-order valence-electron chi connectivity index (χ4n) is 1.31. The highest BCUT2D eigenvalue weighted by Gasteiger charge is 2.40. The fraction of sp³-hybridized carbons (Fsp3) is 0.714. The van der Waals surface area contributed by atoms with Crippen LogP contribution in [0, 0.1) is 17.2 Å². The van der Waals surface area contributed by atoms with Gasteiger partial charge in [-0.3, -0.25) is 4.79 Å². The third-order valence-electron chi connectivity index (χ3n) is 1.88. The molecule has 0 aromatic rings. The predicted molar refractivity (Wildman–Crippen MR) is 37.5 cm³/mol. The maximum atomic E-state index is 11.0. The van der Waals surface area contributed by atoms with Crippen molar-refractivity contribution in [1.29, 1.82) is 5.26 Å². The second-order valence-corrected chi connectivity index (χ2v) is 2.60. The number of hydrogen-bond acceptors (Lipinski definition) is 3. The van der Waals surface area contributed by atoms with Gasteiger partial charge in [0.25, 0.3) is 0 Å². The number of rotatable bonds is 1. The highest BCUT2D eigenvalue weighted by atomic mass is 16.5. The molecule has 4 heteroatoms. The van der Waals surface area contributed by atoms with Gasteiger partial charge >= 0.3 is 0 Å². The molecule has 4 nitrogen and oxygen atoms in total. The molecule has 0 aromatic carbocycles. The molecule has 3 atom stereocenters. The lowest BCUT2D eigenvalue weighted by Crippen LogP contribution is -2.29. The average Bonchev–Trinajstić information content (AvgIpc) is 2.24. The van der Waals surface area contributed by atoms with Crippen LogP contribution in [-0.4, -0.2) is 25.2 Å². The summed E-state index contributed by atoms with van der Waals surface area (Å²) < 4.78 is 4.99. The third-order valence-corrected chi connectivity index (χ3v) is 1.88. The van der Waals surface area contributed by atoms with Crippen molar-refractivity contribution in [2.45, 2.75) is 19.1 Å². The Morgan fingerprint density at radius 1 is 1.73 bits per heavy atom. The van der Waals surface area contributed by atoms with Gasteiger partial charge in [-0.15, -0.1) is 0 Å².